The van der Waals surface area contributed by atoms with E-state index in [1.165, 1.54) is 0 Å². The average Bonchev–Trinajstić information content (AvgIpc) is 3.53. The fourth-order valence-corrected chi connectivity index (χ4v) is 5.32. The number of methoxy groups -OCH3 is 1. The molecule has 2 saturated heterocycles. The van der Waals surface area contributed by atoms with Crippen molar-refractivity contribution in [3.63, 3.8) is 0 Å². The summed E-state index contributed by atoms with van der Waals surface area (Å²) in [5, 5.41) is 15.1. The van der Waals surface area contributed by atoms with E-state index in [2.05, 4.69) is 30.4 Å². The molecule has 2 aliphatic heterocycles. The molecule has 13 nitrogen and oxygen atoms in total. The zero-order valence-corrected chi connectivity index (χ0v) is 20.7. The summed E-state index contributed by atoms with van der Waals surface area (Å²) < 4.78 is 27.2. The summed E-state index contributed by atoms with van der Waals surface area (Å²) >= 11 is -1.80. The van der Waals surface area contributed by atoms with Crippen LogP contribution in [0, 0.1) is 0 Å². The van der Waals surface area contributed by atoms with E-state index in [0.29, 0.717) is 5.95 Å². The minimum absolute atomic E-state index is 0.198. The van der Waals surface area contributed by atoms with Crippen LogP contribution >= 0.6 is 0 Å². The molecule has 14 heteroatoms. The normalized spacial score (nSPS) is 19.4. The number of piperazine rings is 1. The Morgan fingerprint density at radius 2 is 2.00 bits per heavy atom. The van der Waals surface area contributed by atoms with Gasteiger partial charge in [0.25, 0.3) is 0 Å². The van der Waals surface area contributed by atoms with Crippen molar-refractivity contribution >= 4 is 28.4 Å². The fraction of sp³-hybridized carbons (Fsp3) is 0.619. The predicted molar refractivity (Wildman–Crippen MR) is 133 cm³/mol. The molecule has 190 valence electrons. The topological polar surface area (TPSA) is 140 Å². The van der Waals surface area contributed by atoms with Crippen molar-refractivity contribution in [2.45, 2.75) is 18.9 Å². The van der Waals surface area contributed by atoms with Gasteiger partial charge in [0, 0.05) is 70.7 Å². The van der Waals surface area contributed by atoms with Crippen LogP contribution in [0.5, 0.6) is 0 Å². The molecule has 1 unspecified atom stereocenters. The van der Waals surface area contributed by atoms with Crippen molar-refractivity contribution in [2.24, 2.45) is 0 Å². The van der Waals surface area contributed by atoms with Gasteiger partial charge in [0.1, 0.15) is 23.6 Å². The van der Waals surface area contributed by atoms with Crippen LogP contribution in [0.25, 0.3) is 16.9 Å². The van der Waals surface area contributed by atoms with Gasteiger partial charge in [0.05, 0.1) is 12.8 Å². The largest absolute Gasteiger partial charge is 0.383 e. The Morgan fingerprint density at radius 1 is 1.20 bits per heavy atom. The molecule has 0 aromatic carbocycles. The van der Waals surface area contributed by atoms with Crippen molar-refractivity contribution in [1.29, 1.82) is 0 Å². The summed E-state index contributed by atoms with van der Waals surface area (Å²) in [6.07, 6.45) is 7.05. The number of anilines is 2. The molecular weight excluding hydrogens is 472 g/mol. The molecule has 3 aromatic heterocycles. The lowest BCUT2D eigenvalue weighted by atomic mass is 10.1. The van der Waals surface area contributed by atoms with Gasteiger partial charge in [-0.15, -0.1) is 5.10 Å². The Balaban J connectivity index is 1.36. The summed E-state index contributed by atoms with van der Waals surface area (Å²) in [5.74, 6) is 0.768. The lowest BCUT2D eigenvalue weighted by molar-refractivity contribution is 0.144. The highest BCUT2D eigenvalue weighted by Gasteiger charge is 2.26. The summed E-state index contributed by atoms with van der Waals surface area (Å²) in [7, 11) is 1.73. The number of fused-ring (bicyclic) bond motifs is 1. The summed E-state index contributed by atoms with van der Waals surface area (Å²) in [4.78, 5) is 16.4. The Kier molecular flexibility index (Phi) is 7.53. The van der Waals surface area contributed by atoms with Crippen molar-refractivity contribution in [3.05, 3.63) is 18.7 Å². The van der Waals surface area contributed by atoms with Crippen molar-refractivity contribution in [1.82, 2.24) is 39.6 Å². The number of hydrogen-bond acceptors (Lipinski definition) is 10. The minimum atomic E-state index is -1.80. The van der Waals surface area contributed by atoms with E-state index in [9.17, 15) is 4.21 Å². The van der Waals surface area contributed by atoms with Gasteiger partial charge in [-0.1, -0.05) is 0 Å². The van der Waals surface area contributed by atoms with Crippen LogP contribution in [-0.4, -0.2) is 120 Å². The molecule has 2 fully saturated rings. The lowest BCUT2D eigenvalue weighted by Gasteiger charge is -2.36. The molecule has 3 N–H and O–H groups in total. The first-order valence-electron chi connectivity index (χ1n) is 11.9. The zero-order chi connectivity index (χ0) is 24.2. The van der Waals surface area contributed by atoms with Gasteiger partial charge in [-0.2, -0.15) is 14.6 Å². The second-order valence-electron chi connectivity index (χ2n) is 8.94. The molecule has 0 bridgehead atoms. The maximum atomic E-state index is 11.1. The molecule has 1 atom stereocenters. The number of likely N-dealkylation sites (tertiary alicyclic amines) is 1. The number of H-pyrrole nitrogens is 1. The zero-order valence-electron chi connectivity index (χ0n) is 19.8. The number of hydrogen-bond donors (Lipinski definition) is 3. The Hall–Kier alpha value is -2.65. The number of nitrogens with zero attached hydrogens (tertiary/aromatic N) is 8. The molecule has 2 aliphatic rings. The third kappa shape index (κ3) is 5.62. The molecule has 3 aromatic rings. The number of aromatic amines is 1. The van der Waals surface area contributed by atoms with Crippen LogP contribution in [-0.2, 0) is 15.8 Å². The molecular formula is C21H32N10O3S. The Labute approximate surface area is 206 Å². The summed E-state index contributed by atoms with van der Waals surface area (Å²) in [5.41, 5.74) is 3.47. The molecule has 0 radical (unpaired) electrons. The second-order valence-corrected chi connectivity index (χ2v) is 9.84. The van der Waals surface area contributed by atoms with Gasteiger partial charge >= 0.3 is 0 Å². The Bertz CT molecular complexity index is 1120. The first-order valence-corrected chi connectivity index (χ1v) is 13.2. The first-order chi connectivity index (χ1) is 17.1. The number of ether oxygens (including phenoxy) is 1. The van der Waals surface area contributed by atoms with Crippen LogP contribution in [0.4, 0.5) is 11.6 Å². The molecule has 0 aliphatic carbocycles. The third-order valence-corrected chi connectivity index (χ3v) is 7.24. The second kappa shape index (κ2) is 11.0. The number of rotatable bonds is 9. The number of aromatic nitrogens is 6. The molecule has 0 spiro atoms. The van der Waals surface area contributed by atoms with Gasteiger partial charge in [-0.05, 0) is 12.8 Å². The number of piperidine rings is 1. The number of nitrogens with one attached hydrogen (secondary N) is 2. The highest BCUT2D eigenvalue weighted by Crippen LogP contribution is 2.33. The van der Waals surface area contributed by atoms with E-state index in [0.717, 1.165) is 87.9 Å². The van der Waals surface area contributed by atoms with E-state index in [-0.39, 0.29) is 11.9 Å². The van der Waals surface area contributed by atoms with Gasteiger partial charge in [-0.3, -0.25) is 14.9 Å². The maximum Gasteiger partial charge on any atom is 0.243 e. The minimum Gasteiger partial charge on any atom is -0.383 e. The first kappa shape index (κ1) is 24.1. The van der Waals surface area contributed by atoms with E-state index < -0.39 is 11.1 Å². The van der Waals surface area contributed by atoms with E-state index >= 15 is 0 Å². The van der Waals surface area contributed by atoms with Crippen LogP contribution < -0.4 is 10.2 Å². The van der Waals surface area contributed by atoms with Crippen molar-refractivity contribution < 1.29 is 13.5 Å². The summed E-state index contributed by atoms with van der Waals surface area (Å²) in [6, 6.07) is 0.213. The van der Waals surface area contributed by atoms with Crippen molar-refractivity contribution in [2.75, 3.05) is 75.6 Å². The average molecular weight is 505 g/mol. The SMILES string of the molecule is COCCN1CCN(c2c(-c3cn[nH]c3)ncn3nc(NC4CCN(CS(=O)O)CC4)nc23)CC1. The van der Waals surface area contributed by atoms with E-state index in [1.54, 1.807) is 24.1 Å². The van der Waals surface area contributed by atoms with Gasteiger partial charge in [0.15, 0.2) is 16.7 Å². The molecule has 0 amide bonds. The molecule has 5 rings (SSSR count). The smallest absolute Gasteiger partial charge is 0.243 e. The van der Waals surface area contributed by atoms with Crippen LogP contribution in [0.15, 0.2) is 18.7 Å². The fourth-order valence-electron chi connectivity index (χ4n) is 4.75. The van der Waals surface area contributed by atoms with Gasteiger partial charge < -0.3 is 19.5 Å². The highest BCUT2D eigenvalue weighted by molar-refractivity contribution is 7.79. The maximum absolute atomic E-state index is 11.1. The monoisotopic (exact) mass is 504 g/mol. The molecule has 0 saturated carbocycles. The quantitative estimate of drug-likeness (QED) is 0.348. The summed E-state index contributed by atoms with van der Waals surface area (Å²) in [6.45, 7) is 6.77. The van der Waals surface area contributed by atoms with Crippen LogP contribution in [0.3, 0.4) is 0 Å². The standard InChI is InChI=1S/C21H32N10O3S/c1-34-11-10-28-6-8-30(9-7-28)19-18(16-12-23-24-13-16)22-14-31-20(19)26-21(27-31)25-17-2-4-29(5-3-17)15-35(32)33/h12-14,17H,2-11,15H2,1H3,(H,23,24)(H,25,27)(H,32,33). The Morgan fingerprint density at radius 3 is 2.69 bits per heavy atom. The predicted octanol–water partition coefficient (Wildman–Crippen LogP) is 0.338. The van der Waals surface area contributed by atoms with Gasteiger partial charge in [0.2, 0.25) is 5.95 Å². The van der Waals surface area contributed by atoms with Crippen molar-refractivity contribution in [3.8, 4) is 11.3 Å². The van der Waals surface area contributed by atoms with Crippen LogP contribution in [0.1, 0.15) is 12.8 Å². The van der Waals surface area contributed by atoms with E-state index in [4.69, 9.17) is 19.3 Å². The lowest BCUT2D eigenvalue weighted by Crippen LogP contribution is -2.47. The molecule has 5 heterocycles. The van der Waals surface area contributed by atoms with Gasteiger partial charge in [-0.25, -0.2) is 9.19 Å². The van der Waals surface area contributed by atoms with Crippen LogP contribution in [0.2, 0.25) is 0 Å². The third-order valence-electron chi connectivity index (χ3n) is 6.65. The highest BCUT2D eigenvalue weighted by atomic mass is 32.2. The molecule has 35 heavy (non-hydrogen) atoms. The van der Waals surface area contributed by atoms with E-state index in [1.807, 2.05) is 11.1 Å².